The maximum absolute atomic E-state index is 4.63. The highest BCUT2D eigenvalue weighted by Gasteiger charge is 1.97. The highest BCUT2D eigenvalue weighted by atomic mass is 79.9. The Labute approximate surface area is 147 Å². The summed E-state index contributed by atoms with van der Waals surface area (Å²) in [6, 6.07) is 23.0. The van der Waals surface area contributed by atoms with Crippen LogP contribution in [0.25, 0.3) is 0 Å². The van der Waals surface area contributed by atoms with Crippen LogP contribution in [-0.2, 0) is 13.1 Å². The van der Waals surface area contributed by atoms with E-state index in [9.17, 15) is 0 Å². The molecule has 118 valence electrons. The van der Waals surface area contributed by atoms with Gasteiger partial charge >= 0.3 is 0 Å². The van der Waals surface area contributed by atoms with Crippen LogP contribution < -0.4 is 22.3 Å². The zero-order valence-corrected chi connectivity index (χ0v) is 14.8. The predicted octanol–water partition coefficient (Wildman–Crippen LogP) is 0.950. The quantitative estimate of drug-likeness (QED) is 0.653. The molecule has 3 heteroatoms. The van der Waals surface area contributed by atoms with Gasteiger partial charge in [0.25, 0.3) is 0 Å². The van der Waals surface area contributed by atoms with Gasteiger partial charge in [-0.1, -0.05) is 54.6 Å². The molecule has 0 fully saturated rings. The molecule has 0 unspecified atom stereocenters. The number of hydrogen-bond donors (Lipinski definition) is 0. The Balaban J connectivity index is 0.00000192. The van der Waals surface area contributed by atoms with Crippen LogP contribution in [0.15, 0.2) is 84.1 Å². The van der Waals surface area contributed by atoms with Gasteiger partial charge in [-0.05, 0) is 35.7 Å². The zero-order valence-electron chi connectivity index (χ0n) is 13.2. The van der Waals surface area contributed by atoms with Gasteiger partial charge in [0, 0.05) is 18.9 Å². The summed E-state index contributed by atoms with van der Waals surface area (Å²) in [6.45, 7) is 3.77. The first kappa shape index (κ1) is 17.2. The Hall–Kier alpha value is -2.13. The Morgan fingerprint density at radius 2 is 1.48 bits per heavy atom. The first-order chi connectivity index (χ1) is 10.8. The van der Waals surface area contributed by atoms with Crippen molar-refractivity contribution in [2.75, 3.05) is 0 Å². The van der Waals surface area contributed by atoms with Crippen LogP contribution in [-0.4, -0.2) is 4.57 Å². The minimum atomic E-state index is 0. The van der Waals surface area contributed by atoms with E-state index in [1.807, 2.05) is 18.2 Å². The lowest BCUT2D eigenvalue weighted by atomic mass is 10.1. The molecule has 1 heterocycles. The van der Waals surface area contributed by atoms with Crippen molar-refractivity contribution in [3.63, 3.8) is 0 Å². The van der Waals surface area contributed by atoms with E-state index in [4.69, 9.17) is 0 Å². The van der Waals surface area contributed by atoms with Gasteiger partial charge in [0.05, 0.1) is 11.9 Å². The number of nitrogens with zero attached hydrogens (tertiary/aromatic N) is 2. The molecule has 0 atom stereocenters. The largest absolute Gasteiger partial charge is 1.00 e. The number of aryl methyl sites for hydroxylation is 1. The molecule has 3 aromatic rings. The van der Waals surface area contributed by atoms with Crippen LogP contribution in [0.1, 0.15) is 16.7 Å². The zero-order chi connectivity index (χ0) is 15.2. The normalized spacial score (nSPS) is 9.96. The third-order valence-electron chi connectivity index (χ3n) is 3.77. The highest BCUT2D eigenvalue weighted by molar-refractivity contribution is 5.25. The molecule has 0 aliphatic heterocycles. The van der Waals surface area contributed by atoms with Gasteiger partial charge in [-0.15, -0.1) is 0 Å². The second-order valence-electron chi connectivity index (χ2n) is 5.46. The van der Waals surface area contributed by atoms with Gasteiger partial charge in [-0.25, -0.2) is 0 Å². The molecule has 0 amide bonds. The Bertz CT molecular complexity index is 787. The Morgan fingerprint density at radius 3 is 2.17 bits per heavy atom. The fraction of sp³-hybridized carbons (Fsp3) is 0.150. The maximum atomic E-state index is 4.63. The molecular weight excluding hydrogens is 348 g/mol. The van der Waals surface area contributed by atoms with Crippen molar-refractivity contribution in [3.05, 3.63) is 101 Å². The van der Waals surface area contributed by atoms with Crippen LogP contribution in [0.3, 0.4) is 0 Å². The van der Waals surface area contributed by atoms with Gasteiger partial charge in [0.2, 0.25) is 0 Å². The molecule has 0 saturated carbocycles. The maximum Gasteiger partial charge on any atom is 0.0646 e. The second-order valence-corrected chi connectivity index (χ2v) is 5.46. The molecule has 0 bridgehead atoms. The smallest absolute Gasteiger partial charge is 0.0646 e. The minimum absolute atomic E-state index is 0. The molecule has 0 saturated heterocycles. The lowest BCUT2D eigenvalue weighted by molar-refractivity contribution is -0.00000452. The monoisotopic (exact) mass is 367 g/mol. The summed E-state index contributed by atoms with van der Waals surface area (Å²) in [5, 5.41) is 1.02. The lowest BCUT2D eigenvalue weighted by Crippen LogP contribution is -3.00. The van der Waals surface area contributed by atoms with E-state index >= 15 is 0 Å². The molecular formula is C20H20BrN2-. The number of benzene rings is 2. The van der Waals surface area contributed by atoms with Crippen molar-refractivity contribution in [1.82, 2.24) is 4.57 Å². The summed E-state index contributed by atoms with van der Waals surface area (Å²) in [5.41, 5.74) is 3.91. The summed E-state index contributed by atoms with van der Waals surface area (Å²) < 4.78 is 2.18. The van der Waals surface area contributed by atoms with Crippen molar-refractivity contribution in [2.24, 2.45) is 4.99 Å². The molecule has 3 rings (SSSR count). The number of halogens is 1. The van der Waals surface area contributed by atoms with Crippen molar-refractivity contribution in [1.29, 1.82) is 0 Å². The van der Waals surface area contributed by atoms with E-state index in [0.29, 0.717) is 0 Å². The van der Waals surface area contributed by atoms with Crippen LogP contribution in [0, 0.1) is 6.92 Å². The third-order valence-corrected chi connectivity index (χ3v) is 3.77. The molecule has 0 spiro atoms. The van der Waals surface area contributed by atoms with Crippen LogP contribution in [0.5, 0.6) is 0 Å². The van der Waals surface area contributed by atoms with Gasteiger partial charge in [0.1, 0.15) is 0 Å². The third kappa shape index (κ3) is 4.93. The van der Waals surface area contributed by atoms with Gasteiger partial charge in [0.15, 0.2) is 0 Å². The van der Waals surface area contributed by atoms with E-state index in [1.165, 1.54) is 16.7 Å². The Kier molecular flexibility index (Phi) is 6.36. The molecule has 2 aromatic carbocycles. The summed E-state index contributed by atoms with van der Waals surface area (Å²) in [4.78, 5) is 4.63. The average Bonchev–Trinajstić information content (AvgIpc) is 2.57. The summed E-state index contributed by atoms with van der Waals surface area (Å²) in [7, 11) is 0. The summed E-state index contributed by atoms with van der Waals surface area (Å²) in [5.74, 6) is 0. The van der Waals surface area contributed by atoms with Gasteiger partial charge < -0.3 is 21.5 Å². The number of pyridine rings is 1. The second kappa shape index (κ2) is 8.49. The van der Waals surface area contributed by atoms with Crippen LogP contribution in [0.4, 0.5) is 0 Å². The van der Waals surface area contributed by atoms with E-state index in [-0.39, 0.29) is 17.0 Å². The Morgan fingerprint density at radius 1 is 0.826 bits per heavy atom. The first-order valence-electron chi connectivity index (χ1n) is 7.56. The molecule has 2 nitrogen and oxygen atoms in total. The molecule has 0 aliphatic rings. The SMILES string of the molecule is Cc1ccccc1Cn1ccc(=NCc2ccccc2)cc1.[Br-]. The van der Waals surface area contributed by atoms with Crippen molar-refractivity contribution < 1.29 is 17.0 Å². The highest BCUT2D eigenvalue weighted by Crippen LogP contribution is 2.08. The van der Waals surface area contributed by atoms with Crippen LogP contribution >= 0.6 is 0 Å². The summed E-state index contributed by atoms with van der Waals surface area (Å²) >= 11 is 0. The van der Waals surface area contributed by atoms with E-state index in [1.54, 1.807) is 0 Å². The number of hydrogen-bond acceptors (Lipinski definition) is 1. The summed E-state index contributed by atoms with van der Waals surface area (Å²) in [6.07, 6.45) is 4.19. The molecule has 0 aliphatic carbocycles. The van der Waals surface area contributed by atoms with E-state index in [2.05, 4.69) is 77.4 Å². The molecule has 1 aromatic heterocycles. The fourth-order valence-electron chi connectivity index (χ4n) is 2.41. The van der Waals surface area contributed by atoms with Gasteiger partial charge in [-0.3, -0.25) is 4.99 Å². The topological polar surface area (TPSA) is 17.3 Å². The van der Waals surface area contributed by atoms with E-state index in [0.717, 1.165) is 18.4 Å². The molecule has 0 N–H and O–H groups in total. The molecule has 23 heavy (non-hydrogen) atoms. The van der Waals surface area contributed by atoms with Crippen LogP contribution in [0.2, 0.25) is 0 Å². The van der Waals surface area contributed by atoms with Crippen molar-refractivity contribution in [2.45, 2.75) is 20.0 Å². The predicted molar refractivity (Wildman–Crippen MR) is 90.4 cm³/mol. The average molecular weight is 368 g/mol. The minimum Gasteiger partial charge on any atom is -1.00 e. The number of aromatic nitrogens is 1. The first-order valence-corrected chi connectivity index (χ1v) is 7.56. The van der Waals surface area contributed by atoms with E-state index < -0.39 is 0 Å². The number of rotatable bonds is 4. The van der Waals surface area contributed by atoms with Crippen molar-refractivity contribution >= 4 is 0 Å². The van der Waals surface area contributed by atoms with Crippen molar-refractivity contribution in [3.8, 4) is 0 Å². The van der Waals surface area contributed by atoms with Gasteiger partial charge in [-0.2, -0.15) is 0 Å². The fourth-order valence-corrected chi connectivity index (χ4v) is 2.41. The lowest BCUT2D eigenvalue weighted by Gasteiger charge is -2.08. The molecule has 0 radical (unpaired) electrons. The standard InChI is InChI=1S/C20H20N2.BrH/c1-17-7-5-6-10-19(17)16-22-13-11-20(12-14-22)21-15-18-8-3-2-4-9-18;/h2-14H,15-16H2,1H3;1H/p-1.